The van der Waals surface area contributed by atoms with E-state index in [0.717, 1.165) is 37.9 Å². The van der Waals surface area contributed by atoms with Crippen LogP contribution in [-0.4, -0.2) is 22.9 Å². The summed E-state index contributed by atoms with van der Waals surface area (Å²) in [6.45, 7) is 0. The molecule has 0 spiro atoms. The van der Waals surface area contributed by atoms with Gasteiger partial charge in [0.25, 0.3) is 0 Å². The predicted octanol–water partition coefficient (Wildman–Crippen LogP) is 1.43. The van der Waals surface area contributed by atoms with Crippen LogP contribution in [0.15, 0.2) is 38.6 Å². The lowest BCUT2D eigenvalue weighted by Crippen LogP contribution is -2.35. The minimum absolute atomic E-state index is 0.304. The summed E-state index contributed by atoms with van der Waals surface area (Å²) in [6.07, 6.45) is 1.79. The molecule has 4 nitrogen and oxygen atoms in total. The topological polar surface area (TPSA) is 58.4 Å². The normalized spacial score (nSPS) is 19.7. The highest BCUT2D eigenvalue weighted by Crippen LogP contribution is 2.36. The van der Waals surface area contributed by atoms with Crippen LogP contribution >= 0.6 is 23.5 Å². The molecule has 1 aromatic carbocycles. The van der Waals surface area contributed by atoms with Crippen LogP contribution in [0.5, 0.6) is 0 Å². The van der Waals surface area contributed by atoms with Crippen molar-refractivity contribution in [2.24, 2.45) is 4.99 Å². The highest BCUT2D eigenvalue weighted by Gasteiger charge is 2.18. The third-order valence-corrected chi connectivity index (χ3v) is 5.96. The van der Waals surface area contributed by atoms with Gasteiger partial charge in [-0.15, -0.1) is 23.5 Å². The molecule has 1 fully saturated rings. The van der Waals surface area contributed by atoms with Crippen LogP contribution < -0.4 is 16.2 Å². The van der Waals surface area contributed by atoms with Crippen molar-refractivity contribution < 1.29 is 4.52 Å². The Hall–Kier alpha value is -1.66. The molecule has 100 valence electrons. The van der Waals surface area contributed by atoms with Gasteiger partial charge in [0.05, 0.1) is 15.3 Å². The number of benzene rings is 1. The van der Waals surface area contributed by atoms with Crippen molar-refractivity contribution in [1.29, 1.82) is 0 Å². The Morgan fingerprint density at radius 3 is 2.85 bits per heavy atom. The Kier molecular flexibility index (Phi) is 2.85. The summed E-state index contributed by atoms with van der Waals surface area (Å²) in [6, 6.07) is 7.89. The number of aromatic amines is 1. The summed E-state index contributed by atoms with van der Waals surface area (Å²) >= 11 is 3.42. The van der Waals surface area contributed by atoms with Crippen molar-refractivity contribution in [3.8, 4) is 0 Å². The molecule has 1 aromatic heterocycles. The van der Waals surface area contributed by atoms with E-state index in [1.54, 1.807) is 29.7 Å². The van der Waals surface area contributed by atoms with E-state index in [-0.39, 0.29) is 5.63 Å². The first-order valence-electron chi connectivity index (χ1n) is 6.20. The molecule has 0 atom stereocenters. The summed E-state index contributed by atoms with van der Waals surface area (Å²) in [7, 11) is 0. The molecule has 0 aliphatic carbocycles. The van der Waals surface area contributed by atoms with E-state index in [4.69, 9.17) is 4.52 Å². The van der Waals surface area contributed by atoms with Gasteiger partial charge in [0.1, 0.15) is 5.22 Å². The summed E-state index contributed by atoms with van der Waals surface area (Å²) in [5, 5.41) is 4.16. The van der Waals surface area contributed by atoms with Gasteiger partial charge >= 0.3 is 5.63 Å². The van der Waals surface area contributed by atoms with Gasteiger partial charge in [0.15, 0.2) is 0 Å². The molecule has 1 N–H and O–H groups in total. The second kappa shape index (κ2) is 4.71. The lowest BCUT2D eigenvalue weighted by atomic mass is 10.1. The molecule has 1 saturated heterocycles. The van der Waals surface area contributed by atoms with Crippen LogP contribution in [-0.2, 0) is 0 Å². The standard InChI is InChI=1S/C14H10N2O2S2/c17-13-11(14-19-5-6-20-14)12(16-18-13)9-7-15-10-4-2-1-3-8(9)10/h1-4,7,16H,5-6H2/b12-9+. The average Bonchev–Trinajstić information content (AvgIpc) is 3.16. The SMILES string of the molecule is O=c1o[nH]/c(=C2\C=Nc3ccccc32)c1=C1SCCS1. The molecule has 2 aliphatic heterocycles. The summed E-state index contributed by atoms with van der Waals surface area (Å²) in [5.74, 6) is 2.06. The number of thioether (sulfide) groups is 2. The van der Waals surface area contributed by atoms with Crippen LogP contribution in [0.25, 0.3) is 9.81 Å². The molecule has 6 heteroatoms. The zero-order valence-electron chi connectivity index (χ0n) is 10.4. The predicted molar refractivity (Wildman–Crippen MR) is 84.0 cm³/mol. The minimum atomic E-state index is -0.304. The van der Waals surface area contributed by atoms with Crippen LogP contribution in [0.1, 0.15) is 5.56 Å². The number of nitrogens with one attached hydrogen (secondary N) is 1. The largest absolute Gasteiger partial charge is 0.366 e. The van der Waals surface area contributed by atoms with Crippen molar-refractivity contribution in [3.63, 3.8) is 0 Å². The number of rotatable bonds is 0. The number of aliphatic imine (C=N–C) groups is 1. The van der Waals surface area contributed by atoms with Crippen molar-refractivity contribution >= 4 is 45.2 Å². The molecule has 2 aliphatic rings. The van der Waals surface area contributed by atoms with E-state index in [1.807, 2.05) is 24.3 Å². The first-order valence-corrected chi connectivity index (χ1v) is 8.17. The maximum absolute atomic E-state index is 12.0. The van der Waals surface area contributed by atoms with E-state index in [0.29, 0.717) is 5.22 Å². The Labute approximate surface area is 122 Å². The van der Waals surface area contributed by atoms with E-state index in [2.05, 4.69) is 10.1 Å². The lowest BCUT2D eigenvalue weighted by molar-refractivity contribution is 0.386. The van der Waals surface area contributed by atoms with Crippen molar-refractivity contribution in [2.75, 3.05) is 11.5 Å². The van der Waals surface area contributed by atoms with Crippen LogP contribution in [0.4, 0.5) is 5.69 Å². The number of hydrogen-bond donors (Lipinski definition) is 1. The van der Waals surface area contributed by atoms with E-state index in [1.165, 1.54) is 0 Å². The molecule has 3 heterocycles. The molecule has 0 radical (unpaired) electrons. The van der Waals surface area contributed by atoms with Gasteiger partial charge in [0.2, 0.25) is 0 Å². The highest BCUT2D eigenvalue weighted by molar-refractivity contribution is 8.32. The van der Waals surface area contributed by atoms with E-state index < -0.39 is 0 Å². The minimum Gasteiger partial charge on any atom is -0.338 e. The molecule has 2 aromatic rings. The summed E-state index contributed by atoms with van der Waals surface area (Å²) < 4.78 is 6.07. The number of hydrogen-bond acceptors (Lipinski definition) is 5. The second-order valence-corrected chi connectivity index (χ2v) is 6.88. The van der Waals surface area contributed by atoms with Crippen molar-refractivity contribution in [1.82, 2.24) is 5.16 Å². The fourth-order valence-corrected chi connectivity index (χ4v) is 4.88. The maximum atomic E-state index is 12.0. The number of nitrogens with zero attached hydrogens (tertiary/aromatic N) is 1. The van der Waals surface area contributed by atoms with Crippen molar-refractivity contribution in [3.05, 3.63) is 50.8 Å². The Morgan fingerprint density at radius 2 is 2.00 bits per heavy atom. The number of fused-ring (bicyclic) bond motifs is 1. The van der Waals surface area contributed by atoms with Gasteiger partial charge in [-0.2, -0.15) is 0 Å². The highest BCUT2D eigenvalue weighted by atomic mass is 32.2. The monoisotopic (exact) mass is 302 g/mol. The molecular formula is C14H10N2O2S2. The Morgan fingerprint density at radius 1 is 1.20 bits per heavy atom. The first kappa shape index (κ1) is 12.1. The van der Waals surface area contributed by atoms with Crippen LogP contribution in [0.3, 0.4) is 0 Å². The van der Waals surface area contributed by atoms with Gasteiger partial charge in [-0.05, 0) is 6.07 Å². The van der Waals surface area contributed by atoms with Gasteiger partial charge in [0, 0.05) is 28.9 Å². The van der Waals surface area contributed by atoms with Crippen LogP contribution in [0, 0.1) is 0 Å². The van der Waals surface area contributed by atoms with E-state index in [9.17, 15) is 4.79 Å². The molecule has 0 bridgehead atoms. The van der Waals surface area contributed by atoms with Gasteiger partial charge in [-0.1, -0.05) is 18.2 Å². The van der Waals surface area contributed by atoms with Crippen molar-refractivity contribution in [2.45, 2.75) is 0 Å². The maximum Gasteiger partial charge on any atom is 0.366 e. The number of para-hydroxylation sites is 1. The molecule has 0 amide bonds. The summed E-state index contributed by atoms with van der Waals surface area (Å²) in [4.78, 5) is 16.4. The molecule has 4 rings (SSSR count). The van der Waals surface area contributed by atoms with Gasteiger partial charge in [-0.25, -0.2) is 9.95 Å². The Bertz CT molecular complexity index is 884. The second-order valence-electron chi connectivity index (χ2n) is 4.41. The molecule has 0 unspecified atom stereocenters. The van der Waals surface area contributed by atoms with E-state index >= 15 is 0 Å². The first-order chi connectivity index (χ1) is 9.84. The zero-order valence-corrected chi connectivity index (χ0v) is 12.0. The Balaban J connectivity index is 2.12. The smallest absolute Gasteiger partial charge is 0.338 e. The molecule has 20 heavy (non-hydrogen) atoms. The fraction of sp³-hybridized carbons (Fsp3) is 0.143. The number of aromatic nitrogens is 1. The van der Waals surface area contributed by atoms with Crippen LogP contribution in [0.2, 0.25) is 0 Å². The third-order valence-electron chi connectivity index (χ3n) is 3.25. The fourth-order valence-electron chi connectivity index (χ4n) is 2.35. The molecular weight excluding hydrogens is 292 g/mol. The van der Waals surface area contributed by atoms with Gasteiger partial charge < -0.3 is 4.52 Å². The quantitative estimate of drug-likeness (QED) is 0.800. The van der Waals surface area contributed by atoms with Gasteiger partial charge in [-0.3, -0.25) is 4.99 Å². The molecule has 0 saturated carbocycles. The lowest BCUT2D eigenvalue weighted by Gasteiger charge is -1.97. The third kappa shape index (κ3) is 1.79. The zero-order chi connectivity index (χ0) is 13.5. The average molecular weight is 302 g/mol. The summed E-state index contributed by atoms with van der Waals surface area (Å²) in [5.41, 5.74) is 2.57. The number of H-pyrrole nitrogens is 1.